The molecule has 0 bridgehead atoms. The molecule has 2 aromatic carbocycles. The summed E-state index contributed by atoms with van der Waals surface area (Å²) in [6.07, 6.45) is 0. The van der Waals surface area contributed by atoms with E-state index in [1.165, 1.54) is 17.0 Å². The Morgan fingerprint density at radius 1 is 1.14 bits per heavy atom. The second-order valence-electron chi connectivity index (χ2n) is 4.82. The zero-order chi connectivity index (χ0) is 15.1. The third-order valence-electron chi connectivity index (χ3n) is 3.51. The molecule has 3 nitrogen and oxygen atoms in total. The Morgan fingerprint density at radius 3 is 2.57 bits per heavy atom. The van der Waals surface area contributed by atoms with Crippen molar-refractivity contribution >= 4 is 34.8 Å². The van der Waals surface area contributed by atoms with E-state index in [9.17, 15) is 9.18 Å². The first kappa shape index (κ1) is 14.3. The van der Waals surface area contributed by atoms with Crippen molar-refractivity contribution < 1.29 is 9.18 Å². The minimum Gasteiger partial charge on any atom is -0.318 e. The van der Waals surface area contributed by atoms with E-state index in [0.29, 0.717) is 21.3 Å². The maximum atomic E-state index is 13.4. The average Bonchev–Trinajstić information content (AvgIpc) is 2.45. The van der Waals surface area contributed by atoms with E-state index < -0.39 is 17.9 Å². The van der Waals surface area contributed by atoms with Gasteiger partial charge in [0.25, 0.3) is 0 Å². The minimum absolute atomic E-state index is 0.267. The first-order valence-electron chi connectivity index (χ1n) is 6.28. The maximum absolute atomic E-state index is 13.4. The molecule has 0 spiro atoms. The lowest BCUT2D eigenvalue weighted by Crippen LogP contribution is -2.63. The summed E-state index contributed by atoms with van der Waals surface area (Å²) in [6.45, 7) is 0. The van der Waals surface area contributed by atoms with Crippen molar-refractivity contribution in [2.45, 2.75) is 12.1 Å². The molecule has 0 saturated carbocycles. The number of rotatable bonds is 2. The topological polar surface area (TPSA) is 46.3 Å². The van der Waals surface area contributed by atoms with Gasteiger partial charge in [-0.25, -0.2) is 4.39 Å². The minimum atomic E-state index is -0.702. The molecule has 3 rings (SSSR count). The lowest BCUT2D eigenvalue weighted by molar-refractivity contribution is -0.126. The maximum Gasteiger partial charge on any atom is 0.247 e. The van der Waals surface area contributed by atoms with Crippen molar-refractivity contribution in [3.8, 4) is 0 Å². The molecule has 1 aliphatic rings. The highest BCUT2D eigenvalue weighted by Crippen LogP contribution is 2.41. The average molecular weight is 325 g/mol. The fraction of sp³-hybridized carbons (Fsp3) is 0.133. The van der Waals surface area contributed by atoms with Crippen molar-refractivity contribution in [2.24, 2.45) is 5.73 Å². The number of hydrogen-bond acceptors (Lipinski definition) is 2. The molecule has 2 atom stereocenters. The number of amides is 1. The van der Waals surface area contributed by atoms with Gasteiger partial charge in [-0.15, -0.1) is 0 Å². The van der Waals surface area contributed by atoms with Crippen LogP contribution < -0.4 is 10.6 Å². The standard InChI is InChI=1S/C15H11Cl2FN2O/c16-8-4-5-11(12(17)6-8)14-13(19)15(21)20(14)10-3-1-2-9(18)7-10/h1-7,13-14H,19H2/t13-,14+/m0/s1. The summed E-state index contributed by atoms with van der Waals surface area (Å²) in [6, 6.07) is 9.69. The lowest BCUT2D eigenvalue weighted by atomic mass is 9.88. The van der Waals surface area contributed by atoms with E-state index in [1.807, 2.05) is 0 Å². The van der Waals surface area contributed by atoms with Crippen LogP contribution in [0.15, 0.2) is 42.5 Å². The SMILES string of the molecule is N[C@@H]1C(=O)N(c2cccc(F)c2)[C@@H]1c1ccc(Cl)cc1Cl. The number of nitrogens with two attached hydrogens (primary N) is 1. The molecule has 1 heterocycles. The predicted octanol–water partition coefficient (Wildman–Crippen LogP) is 3.55. The third-order valence-corrected chi connectivity index (χ3v) is 4.07. The van der Waals surface area contributed by atoms with Crippen LogP contribution in [0, 0.1) is 5.82 Å². The highest BCUT2D eigenvalue weighted by molar-refractivity contribution is 6.35. The van der Waals surface area contributed by atoms with Crippen molar-refractivity contribution in [2.75, 3.05) is 4.90 Å². The van der Waals surface area contributed by atoms with Crippen LogP contribution in [0.2, 0.25) is 10.0 Å². The van der Waals surface area contributed by atoms with Crippen molar-refractivity contribution in [1.82, 2.24) is 0 Å². The van der Waals surface area contributed by atoms with Crippen molar-refractivity contribution in [3.05, 3.63) is 63.9 Å². The number of anilines is 1. The lowest BCUT2D eigenvalue weighted by Gasteiger charge is -2.45. The first-order chi connectivity index (χ1) is 9.99. The monoisotopic (exact) mass is 324 g/mol. The van der Waals surface area contributed by atoms with Gasteiger partial charge in [0.05, 0.1) is 6.04 Å². The molecule has 1 aliphatic heterocycles. The zero-order valence-corrected chi connectivity index (χ0v) is 12.3. The molecular formula is C15H11Cl2FN2O. The Hall–Kier alpha value is -1.62. The van der Waals surface area contributed by atoms with Crippen molar-refractivity contribution in [3.63, 3.8) is 0 Å². The van der Waals surface area contributed by atoms with Gasteiger partial charge in [-0.05, 0) is 35.9 Å². The number of halogens is 3. The summed E-state index contributed by atoms with van der Waals surface area (Å²) < 4.78 is 13.4. The number of β-lactam (4-membered cyclic amide) rings is 1. The number of nitrogens with zero attached hydrogens (tertiary/aromatic N) is 1. The van der Waals surface area contributed by atoms with E-state index in [1.54, 1.807) is 30.3 Å². The third kappa shape index (κ3) is 2.39. The van der Waals surface area contributed by atoms with Crippen LogP contribution in [-0.2, 0) is 4.79 Å². The van der Waals surface area contributed by atoms with E-state index in [4.69, 9.17) is 28.9 Å². The quantitative estimate of drug-likeness (QED) is 0.859. The first-order valence-corrected chi connectivity index (χ1v) is 7.04. The molecular weight excluding hydrogens is 314 g/mol. The fourth-order valence-electron chi connectivity index (χ4n) is 2.50. The Balaban J connectivity index is 2.02. The summed E-state index contributed by atoms with van der Waals surface area (Å²) in [5.74, 6) is -0.682. The zero-order valence-electron chi connectivity index (χ0n) is 10.8. The van der Waals surface area contributed by atoms with E-state index in [0.717, 1.165) is 0 Å². The molecule has 108 valence electrons. The van der Waals surface area contributed by atoms with Gasteiger partial charge in [0.1, 0.15) is 11.9 Å². The Morgan fingerprint density at radius 2 is 1.90 bits per heavy atom. The molecule has 0 aromatic heterocycles. The van der Waals surface area contributed by atoms with Crippen LogP contribution in [-0.4, -0.2) is 11.9 Å². The van der Waals surface area contributed by atoms with Crippen molar-refractivity contribution in [1.29, 1.82) is 0 Å². The smallest absolute Gasteiger partial charge is 0.247 e. The van der Waals surface area contributed by atoms with Gasteiger partial charge in [0.15, 0.2) is 0 Å². The van der Waals surface area contributed by atoms with Crippen LogP contribution in [0.5, 0.6) is 0 Å². The molecule has 0 radical (unpaired) electrons. The van der Waals surface area contributed by atoms with Gasteiger partial charge in [-0.2, -0.15) is 0 Å². The second kappa shape index (κ2) is 5.30. The normalized spacial score (nSPS) is 21.3. The summed E-state index contributed by atoms with van der Waals surface area (Å²) in [5.41, 5.74) is 7.04. The summed E-state index contributed by atoms with van der Waals surface area (Å²) in [7, 11) is 0. The molecule has 2 N–H and O–H groups in total. The molecule has 1 fully saturated rings. The molecule has 2 aromatic rings. The highest BCUT2D eigenvalue weighted by Gasteiger charge is 2.47. The Bertz CT molecular complexity index is 723. The second-order valence-corrected chi connectivity index (χ2v) is 5.67. The van der Waals surface area contributed by atoms with Gasteiger partial charge in [0, 0.05) is 15.7 Å². The molecule has 6 heteroatoms. The van der Waals surface area contributed by atoms with Gasteiger partial charge in [-0.1, -0.05) is 35.3 Å². The van der Waals surface area contributed by atoms with Crippen LogP contribution in [0.25, 0.3) is 0 Å². The Kier molecular flexibility index (Phi) is 3.61. The van der Waals surface area contributed by atoms with Crippen LogP contribution in [0.3, 0.4) is 0 Å². The molecule has 21 heavy (non-hydrogen) atoms. The molecule has 1 amide bonds. The number of benzene rings is 2. The van der Waals surface area contributed by atoms with Gasteiger partial charge in [0.2, 0.25) is 5.91 Å². The molecule has 0 unspecified atom stereocenters. The molecule has 1 saturated heterocycles. The Labute approximate surface area is 131 Å². The van der Waals surface area contributed by atoms with Crippen LogP contribution in [0.1, 0.15) is 11.6 Å². The summed E-state index contributed by atoms with van der Waals surface area (Å²) in [4.78, 5) is 13.5. The molecule has 0 aliphatic carbocycles. The van der Waals surface area contributed by atoms with Crippen LogP contribution in [0.4, 0.5) is 10.1 Å². The largest absolute Gasteiger partial charge is 0.318 e. The van der Waals surface area contributed by atoms with Gasteiger partial charge in [-0.3, -0.25) is 4.79 Å². The highest BCUT2D eigenvalue weighted by atomic mass is 35.5. The van der Waals surface area contributed by atoms with Crippen LogP contribution >= 0.6 is 23.2 Å². The number of carbonyl (C=O) groups is 1. The summed E-state index contributed by atoms with van der Waals surface area (Å²) >= 11 is 12.1. The summed E-state index contributed by atoms with van der Waals surface area (Å²) in [5, 5.41) is 0.928. The van der Waals surface area contributed by atoms with E-state index in [2.05, 4.69) is 0 Å². The van der Waals surface area contributed by atoms with E-state index in [-0.39, 0.29) is 5.91 Å². The van der Waals surface area contributed by atoms with Gasteiger partial charge < -0.3 is 10.6 Å². The van der Waals surface area contributed by atoms with E-state index >= 15 is 0 Å². The fourth-order valence-corrected chi connectivity index (χ4v) is 3.02. The predicted molar refractivity (Wildman–Crippen MR) is 81.1 cm³/mol. The number of hydrogen-bond donors (Lipinski definition) is 1. The number of carbonyl (C=O) groups excluding carboxylic acids is 1. The van der Waals surface area contributed by atoms with Gasteiger partial charge >= 0.3 is 0 Å².